The largest absolute Gasteiger partial charge is 0.494 e. The van der Waals surface area contributed by atoms with E-state index in [0.717, 1.165) is 62.0 Å². The van der Waals surface area contributed by atoms with Crippen LogP contribution in [0.25, 0.3) is 0 Å². The molecular formula is C26H40N2O2. The number of hydrogen-bond donors (Lipinski definition) is 2. The molecule has 2 aromatic carbocycles. The molecule has 4 heteroatoms. The normalized spacial score (nSPS) is 10.8. The fourth-order valence-corrected chi connectivity index (χ4v) is 3.06. The van der Waals surface area contributed by atoms with Crippen molar-refractivity contribution < 1.29 is 9.47 Å². The average Bonchev–Trinajstić information content (AvgIpc) is 2.75. The second kappa shape index (κ2) is 14.6. The number of hydrogen-bond acceptors (Lipinski definition) is 4. The molecule has 0 unspecified atom stereocenters. The Morgan fingerprint density at radius 2 is 1.17 bits per heavy atom. The summed E-state index contributed by atoms with van der Waals surface area (Å²) in [6, 6.07) is 16.4. The zero-order valence-electron chi connectivity index (χ0n) is 19.1. The third-order valence-electron chi connectivity index (χ3n) is 4.97. The van der Waals surface area contributed by atoms with Gasteiger partial charge in [0.05, 0.1) is 13.2 Å². The first kappa shape index (κ1) is 23.9. The highest BCUT2D eigenvalue weighted by Gasteiger charge is 1.99. The first-order chi connectivity index (χ1) is 14.7. The van der Waals surface area contributed by atoms with E-state index in [0.29, 0.717) is 5.92 Å². The zero-order valence-corrected chi connectivity index (χ0v) is 19.1. The van der Waals surface area contributed by atoms with Crippen molar-refractivity contribution in [2.24, 2.45) is 5.92 Å². The summed E-state index contributed by atoms with van der Waals surface area (Å²) in [5.41, 5.74) is 2.22. The van der Waals surface area contributed by atoms with E-state index in [1.165, 1.54) is 25.7 Å². The predicted octanol–water partition coefficient (Wildman–Crippen LogP) is 6.98. The summed E-state index contributed by atoms with van der Waals surface area (Å²) >= 11 is 0. The van der Waals surface area contributed by atoms with Gasteiger partial charge in [-0.05, 0) is 67.3 Å². The van der Waals surface area contributed by atoms with Crippen LogP contribution >= 0.6 is 0 Å². The smallest absolute Gasteiger partial charge is 0.119 e. The van der Waals surface area contributed by atoms with E-state index in [9.17, 15) is 0 Å². The number of benzene rings is 2. The fraction of sp³-hybridized carbons (Fsp3) is 0.538. The van der Waals surface area contributed by atoms with Crippen molar-refractivity contribution in [1.82, 2.24) is 0 Å². The van der Waals surface area contributed by atoms with Crippen molar-refractivity contribution in [2.75, 3.05) is 36.9 Å². The maximum absolute atomic E-state index is 5.82. The van der Waals surface area contributed by atoms with Crippen LogP contribution in [0.1, 0.15) is 59.3 Å². The van der Waals surface area contributed by atoms with Crippen molar-refractivity contribution in [3.63, 3.8) is 0 Å². The molecule has 0 radical (unpaired) electrons. The van der Waals surface area contributed by atoms with Crippen molar-refractivity contribution in [3.8, 4) is 11.5 Å². The number of anilines is 2. The minimum absolute atomic E-state index is 0.669. The molecule has 0 aromatic heterocycles. The third kappa shape index (κ3) is 10.4. The highest BCUT2D eigenvalue weighted by Crippen LogP contribution is 2.18. The van der Waals surface area contributed by atoms with Gasteiger partial charge in [-0.3, -0.25) is 0 Å². The van der Waals surface area contributed by atoms with Crippen molar-refractivity contribution in [3.05, 3.63) is 48.5 Å². The highest BCUT2D eigenvalue weighted by molar-refractivity contribution is 5.48. The van der Waals surface area contributed by atoms with E-state index in [-0.39, 0.29) is 0 Å². The Bertz CT molecular complexity index is 668. The number of rotatable bonds is 16. The molecule has 0 fully saturated rings. The molecule has 0 bridgehead atoms. The van der Waals surface area contributed by atoms with E-state index in [4.69, 9.17) is 9.47 Å². The molecule has 0 aliphatic heterocycles. The second-order valence-electron chi connectivity index (χ2n) is 8.20. The Labute approximate surface area is 183 Å². The fourth-order valence-electron chi connectivity index (χ4n) is 3.06. The summed E-state index contributed by atoms with van der Waals surface area (Å²) in [5, 5.41) is 6.87. The molecule has 2 N–H and O–H groups in total. The van der Waals surface area contributed by atoms with E-state index >= 15 is 0 Å². The topological polar surface area (TPSA) is 42.5 Å². The van der Waals surface area contributed by atoms with Crippen molar-refractivity contribution >= 4 is 11.4 Å². The molecule has 0 amide bonds. The van der Waals surface area contributed by atoms with Crippen LogP contribution in [0, 0.1) is 5.92 Å². The van der Waals surface area contributed by atoms with Gasteiger partial charge in [0.2, 0.25) is 0 Å². The van der Waals surface area contributed by atoms with Gasteiger partial charge < -0.3 is 20.1 Å². The summed E-state index contributed by atoms with van der Waals surface area (Å²) in [4.78, 5) is 0. The molecule has 2 rings (SSSR count). The van der Waals surface area contributed by atoms with Crippen molar-refractivity contribution in [2.45, 2.75) is 59.3 Å². The Kier molecular flexibility index (Phi) is 11.6. The van der Waals surface area contributed by atoms with Crippen LogP contribution in [0.3, 0.4) is 0 Å². The summed E-state index contributed by atoms with van der Waals surface area (Å²) in [5.74, 6) is 2.55. The SMILES string of the molecule is CCCCCCCOc1ccc(NCCNc2ccc(OCCC(C)C)cc2)cc1. The van der Waals surface area contributed by atoms with Gasteiger partial charge in [0, 0.05) is 24.5 Å². The summed E-state index contributed by atoms with van der Waals surface area (Å²) < 4.78 is 11.6. The van der Waals surface area contributed by atoms with Crippen LogP contribution in [0.2, 0.25) is 0 Å². The zero-order chi connectivity index (χ0) is 21.4. The van der Waals surface area contributed by atoms with Crippen LogP contribution in [-0.4, -0.2) is 26.3 Å². The molecule has 2 aromatic rings. The molecule has 0 aliphatic rings. The first-order valence-corrected chi connectivity index (χ1v) is 11.6. The van der Waals surface area contributed by atoms with Gasteiger partial charge >= 0.3 is 0 Å². The van der Waals surface area contributed by atoms with Gasteiger partial charge in [-0.15, -0.1) is 0 Å². The molecule has 0 aliphatic carbocycles. The Hall–Kier alpha value is -2.36. The van der Waals surface area contributed by atoms with Gasteiger partial charge in [-0.25, -0.2) is 0 Å². The van der Waals surface area contributed by atoms with E-state index in [1.54, 1.807) is 0 Å². The summed E-state index contributed by atoms with van der Waals surface area (Å²) in [6.45, 7) is 9.95. The summed E-state index contributed by atoms with van der Waals surface area (Å²) in [6.07, 6.45) is 7.40. The Morgan fingerprint density at radius 3 is 1.67 bits per heavy atom. The van der Waals surface area contributed by atoms with Gasteiger partial charge in [-0.2, -0.15) is 0 Å². The molecule has 0 atom stereocenters. The predicted molar refractivity (Wildman–Crippen MR) is 129 cm³/mol. The van der Waals surface area contributed by atoms with E-state index in [2.05, 4.69) is 55.7 Å². The van der Waals surface area contributed by atoms with E-state index < -0.39 is 0 Å². The lowest BCUT2D eigenvalue weighted by atomic mass is 10.1. The van der Waals surface area contributed by atoms with Gasteiger partial charge in [-0.1, -0.05) is 46.5 Å². The van der Waals surface area contributed by atoms with Gasteiger partial charge in [0.1, 0.15) is 11.5 Å². The molecular weight excluding hydrogens is 372 g/mol. The standard InChI is InChI=1S/C26H40N2O2/c1-4-5-6-7-8-20-29-25-13-9-23(10-14-25)27-18-19-28-24-11-15-26(16-12-24)30-21-17-22(2)3/h9-16,22,27-28H,4-8,17-21H2,1-3H3. The van der Waals surface area contributed by atoms with Gasteiger partial charge in [0.15, 0.2) is 0 Å². The Morgan fingerprint density at radius 1 is 0.667 bits per heavy atom. The number of unbranched alkanes of at least 4 members (excludes halogenated alkanes) is 4. The minimum Gasteiger partial charge on any atom is -0.494 e. The number of ether oxygens (including phenoxy) is 2. The summed E-state index contributed by atoms with van der Waals surface area (Å²) in [7, 11) is 0. The van der Waals surface area contributed by atoms with Crippen molar-refractivity contribution in [1.29, 1.82) is 0 Å². The monoisotopic (exact) mass is 412 g/mol. The van der Waals surface area contributed by atoms with E-state index in [1.807, 2.05) is 24.3 Å². The molecule has 30 heavy (non-hydrogen) atoms. The Balaban J connectivity index is 1.58. The first-order valence-electron chi connectivity index (χ1n) is 11.6. The molecule has 0 saturated carbocycles. The minimum atomic E-state index is 0.669. The third-order valence-corrected chi connectivity index (χ3v) is 4.97. The van der Waals surface area contributed by atoms with Gasteiger partial charge in [0.25, 0.3) is 0 Å². The number of nitrogens with one attached hydrogen (secondary N) is 2. The molecule has 166 valence electrons. The lowest BCUT2D eigenvalue weighted by Gasteiger charge is -2.11. The van der Waals surface area contributed by atoms with Crippen LogP contribution in [0.15, 0.2) is 48.5 Å². The molecule has 0 heterocycles. The average molecular weight is 413 g/mol. The maximum Gasteiger partial charge on any atom is 0.119 e. The van der Waals surface area contributed by atoms with Crippen LogP contribution in [-0.2, 0) is 0 Å². The molecule has 0 spiro atoms. The van der Waals surface area contributed by atoms with Crippen LogP contribution in [0.4, 0.5) is 11.4 Å². The lowest BCUT2D eigenvalue weighted by molar-refractivity contribution is 0.289. The lowest BCUT2D eigenvalue weighted by Crippen LogP contribution is -2.13. The highest BCUT2D eigenvalue weighted by atomic mass is 16.5. The molecule has 4 nitrogen and oxygen atoms in total. The van der Waals surface area contributed by atoms with Crippen LogP contribution in [0.5, 0.6) is 11.5 Å². The quantitative estimate of drug-likeness (QED) is 0.292. The second-order valence-corrected chi connectivity index (χ2v) is 8.20. The maximum atomic E-state index is 5.82. The molecule has 0 saturated heterocycles. The van der Waals surface area contributed by atoms with Crippen LogP contribution < -0.4 is 20.1 Å².